The number of aliphatic hydroxyl groups excluding tert-OH is 2. The highest BCUT2D eigenvalue weighted by Crippen LogP contribution is 2.52. The van der Waals surface area contributed by atoms with E-state index in [0.29, 0.717) is 36.8 Å². The van der Waals surface area contributed by atoms with Crippen molar-refractivity contribution < 1.29 is 43.4 Å². The Labute approximate surface area is 225 Å². The van der Waals surface area contributed by atoms with E-state index < -0.39 is 26.1 Å². The van der Waals surface area contributed by atoms with Crippen molar-refractivity contribution in [2.24, 2.45) is 29.6 Å². The highest BCUT2D eigenvalue weighted by molar-refractivity contribution is 7.46. The van der Waals surface area contributed by atoms with Gasteiger partial charge in [-0.05, 0) is 93.1 Å². The molecular weight excluding hydrogens is 511 g/mol. The van der Waals surface area contributed by atoms with Crippen molar-refractivity contribution in [2.45, 2.75) is 95.5 Å². The van der Waals surface area contributed by atoms with Crippen LogP contribution < -0.4 is 4.74 Å². The lowest BCUT2D eigenvalue weighted by atomic mass is 9.65. The minimum absolute atomic E-state index is 0.106. The Bertz CT molecular complexity index is 934. The number of aliphatic hydroxyl groups is 2. The number of carbonyl (C=O) groups excluding carboxylic acids is 1. The highest BCUT2D eigenvalue weighted by Gasteiger charge is 2.49. The molecule has 4 rings (SSSR count). The minimum atomic E-state index is -4.72. The van der Waals surface area contributed by atoms with E-state index in [1.54, 1.807) is 0 Å². The number of hydrogen-bond donors (Lipinski definition) is 4. The van der Waals surface area contributed by atoms with Gasteiger partial charge in [0.1, 0.15) is 18.5 Å². The standard InChI is InChI=1S/C28H43O9P/c1-18(14-21(29)17-35-22-7-3-2-4-8-22)28-24(26(16-25(28)30)37-38(32,33)34)15-20-11-10-19(20)6-5-9-27(31)36-23-12-13-23/h2-4,7-8,18-21,23-26,28-30H,5-6,9-17H2,1H3,(H2,32,33,34)/t18-,19?,20-,21+,24-,25+,26-,28+/m0/s1. The Hall–Kier alpha value is -1.48. The SMILES string of the molecule is C[C@@H](C[C@@H](O)COc1ccccc1)[C@@H]1[C@@H](C[C@@H]2CCC2CCCC(=O)OC2CC2)[C@@H](OP(=O)(O)O)C[C@H]1O. The van der Waals surface area contributed by atoms with Gasteiger partial charge in [0.25, 0.3) is 0 Å². The fraction of sp³-hybridized carbons (Fsp3) is 0.750. The summed E-state index contributed by atoms with van der Waals surface area (Å²) in [5.74, 6) is 0.748. The first-order chi connectivity index (χ1) is 18.1. The summed E-state index contributed by atoms with van der Waals surface area (Å²) in [5.41, 5.74) is 0. The number of rotatable bonds is 15. The van der Waals surface area contributed by atoms with E-state index in [1.807, 2.05) is 37.3 Å². The number of hydrogen-bond acceptors (Lipinski definition) is 7. The summed E-state index contributed by atoms with van der Waals surface area (Å²) in [7, 11) is -4.72. The van der Waals surface area contributed by atoms with Gasteiger partial charge in [-0.15, -0.1) is 0 Å². The van der Waals surface area contributed by atoms with Gasteiger partial charge in [-0.25, -0.2) is 4.57 Å². The Balaban J connectivity index is 1.32. The third-order valence-corrected chi connectivity index (χ3v) is 9.12. The smallest absolute Gasteiger partial charge is 0.469 e. The maximum absolute atomic E-state index is 11.9. The molecular formula is C28H43O9P. The molecule has 1 aromatic rings. The summed E-state index contributed by atoms with van der Waals surface area (Å²) in [6.45, 7) is 2.09. The molecule has 3 saturated carbocycles. The van der Waals surface area contributed by atoms with Crippen LogP contribution in [0.2, 0.25) is 0 Å². The Morgan fingerprint density at radius 1 is 1.11 bits per heavy atom. The van der Waals surface area contributed by atoms with E-state index in [2.05, 4.69) is 0 Å². The first kappa shape index (κ1) is 29.5. The van der Waals surface area contributed by atoms with E-state index in [9.17, 15) is 29.4 Å². The molecule has 214 valence electrons. The van der Waals surface area contributed by atoms with Crippen LogP contribution in [0.15, 0.2) is 30.3 Å². The third kappa shape index (κ3) is 8.77. The van der Waals surface area contributed by atoms with Crippen molar-refractivity contribution >= 4 is 13.8 Å². The van der Waals surface area contributed by atoms with E-state index in [1.165, 1.54) is 0 Å². The third-order valence-electron chi connectivity index (χ3n) is 8.58. The molecule has 0 spiro atoms. The fourth-order valence-corrected chi connectivity index (χ4v) is 7.09. The first-order valence-electron chi connectivity index (χ1n) is 14.1. The molecule has 0 saturated heterocycles. The molecule has 0 radical (unpaired) electrons. The molecule has 1 unspecified atom stereocenters. The van der Waals surface area contributed by atoms with Crippen LogP contribution in [-0.2, 0) is 18.6 Å². The van der Waals surface area contributed by atoms with Crippen LogP contribution in [0.3, 0.4) is 0 Å². The molecule has 3 fully saturated rings. The number of para-hydroxylation sites is 1. The van der Waals surface area contributed by atoms with E-state index >= 15 is 0 Å². The predicted octanol–water partition coefficient (Wildman–Crippen LogP) is 4.22. The summed E-state index contributed by atoms with van der Waals surface area (Å²) in [4.78, 5) is 31.0. The van der Waals surface area contributed by atoms with E-state index in [4.69, 9.17) is 14.0 Å². The van der Waals surface area contributed by atoms with Crippen LogP contribution in [-0.4, -0.2) is 57.0 Å². The lowest BCUT2D eigenvalue weighted by Crippen LogP contribution is -2.36. The zero-order valence-corrected chi connectivity index (χ0v) is 23.0. The quantitative estimate of drug-likeness (QED) is 0.185. The zero-order chi connectivity index (χ0) is 27.3. The molecule has 0 bridgehead atoms. The van der Waals surface area contributed by atoms with Gasteiger partial charge in [0.05, 0.1) is 18.3 Å². The largest absolute Gasteiger partial charge is 0.491 e. The molecule has 38 heavy (non-hydrogen) atoms. The van der Waals surface area contributed by atoms with Crippen molar-refractivity contribution in [2.75, 3.05) is 6.61 Å². The van der Waals surface area contributed by atoms with Crippen LogP contribution >= 0.6 is 7.82 Å². The topological polar surface area (TPSA) is 143 Å². The van der Waals surface area contributed by atoms with Gasteiger partial charge in [0.2, 0.25) is 0 Å². The molecule has 0 amide bonds. The van der Waals surface area contributed by atoms with Gasteiger partial charge >= 0.3 is 13.8 Å². The number of phosphoric acid groups is 1. The molecule has 1 aromatic carbocycles. The van der Waals surface area contributed by atoms with Crippen LogP contribution in [0.1, 0.15) is 71.1 Å². The van der Waals surface area contributed by atoms with E-state index in [-0.39, 0.29) is 42.9 Å². The second-order valence-electron chi connectivity index (χ2n) is 11.6. The number of phosphoric ester groups is 1. The molecule has 0 aliphatic heterocycles. The van der Waals surface area contributed by atoms with Gasteiger partial charge in [0.15, 0.2) is 0 Å². The number of ether oxygens (including phenoxy) is 2. The maximum atomic E-state index is 11.9. The van der Waals surface area contributed by atoms with Crippen LogP contribution in [0.5, 0.6) is 5.75 Å². The lowest BCUT2D eigenvalue weighted by Gasteiger charge is -2.41. The summed E-state index contributed by atoms with van der Waals surface area (Å²) in [5, 5.41) is 21.6. The molecule has 9 nitrogen and oxygen atoms in total. The number of esters is 1. The second-order valence-corrected chi connectivity index (χ2v) is 12.8. The minimum Gasteiger partial charge on any atom is -0.491 e. The number of benzene rings is 1. The van der Waals surface area contributed by atoms with Gasteiger partial charge in [-0.1, -0.05) is 25.1 Å². The molecule has 4 N–H and O–H groups in total. The van der Waals surface area contributed by atoms with Gasteiger partial charge in [-0.3, -0.25) is 9.32 Å². The molecule has 0 aromatic heterocycles. The predicted molar refractivity (Wildman–Crippen MR) is 140 cm³/mol. The normalized spacial score (nSPS) is 30.9. The first-order valence-corrected chi connectivity index (χ1v) is 15.6. The lowest BCUT2D eigenvalue weighted by molar-refractivity contribution is -0.145. The molecule has 10 heteroatoms. The summed E-state index contributed by atoms with van der Waals surface area (Å²) < 4.78 is 27.9. The summed E-state index contributed by atoms with van der Waals surface area (Å²) in [6.07, 6.45) is 5.25. The molecule has 3 aliphatic carbocycles. The van der Waals surface area contributed by atoms with Crippen LogP contribution in [0.4, 0.5) is 0 Å². The van der Waals surface area contributed by atoms with Gasteiger partial charge in [0, 0.05) is 12.8 Å². The zero-order valence-electron chi connectivity index (χ0n) is 22.1. The van der Waals surface area contributed by atoms with Crippen molar-refractivity contribution in [3.8, 4) is 5.75 Å². The Morgan fingerprint density at radius 2 is 1.82 bits per heavy atom. The van der Waals surface area contributed by atoms with Gasteiger partial charge < -0.3 is 29.5 Å². The van der Waals surface area contributed by atoms with Crippen LogP contribution in [0.25, 0.3) is 0 Å². The van der Waals surface area contributed by atoms with Crippen molar-refractivity contribution in [3.05, 3.63) is 30.3 Å². The molecule has 3 aliphatic rings. The molecule has 0 heterocycles. The van der Waals surface area contributed by atoms with Gasteiger partial charge in [-0.2, -0.15) is 0 Å². The van der Waals surface area contributed by atoms with Crippen molar-refractivity contribution in [3.63, 3.8) is 0 Å². The van der Waals surface area contributed by atoms with Crippen molar-refractivity contribution in [1.29, 1.82) is 0 Å². The maximum Gasteiger partial charge on any atom is 0.469 e. The monoisotopic (exact) mass is 554 g/mol. The second kappa shape index (κ2) is 13.2. The molecule has 8 atom stereocenters. The van der Waals surface area contributed by atoms with Crippen LogP contribution in [0, 0.1) is 29.6 Å². The average molecular weight is 555 g/mol. The summed E-state index contributed by atoms with van der Waals surface area (Å²) in [6, 6.07) is 9.25. The Kier molecular flexibility index (Phi) is 10.3. The summed E-state index contributed by atoms with van der Waals surface area (Å²) >= 11 is 0. The Morgan fingerprint density at radius 3 is 2.45 bits per heavy atom. The average Bonchev–Trinajstić information content (AvgIpc) is 3.59. The number of carbonyl (C=O) groups is 1. The van der Waals surface area contributed by atoms with Crippen molar-refractivity contribution in [1.82, 2.24) is 0 Å². The van der Waals surface area contributed by atoms with E-state index in [0.717, 1.165) is 38.5 Å². The fourth-order valence-electron chi connectivity index (χ4n) is 6.49. The highest BCUT2D eigenvalue weighted by atomic mass is 31.2.